The number of hydrogen-bond acceptors (Lipinski definition) is 6. The number of likely N-dealkylation sites (N-methyl/N-ethyl adjacent to an activating group) is 1. The van der Waals surface area contributed by atoms with Gasteiger partial charge in [0.15, 0.2) is 11.0 Å². The third-order valence-corrected chi connectivity index (χ3v) is 7.09. The number of aromatic amines is 1. The van der Waals surface area contributed by atoms with Crippen LogP contribution in [0.1, 0.15) is 12.8 Å². The molecule has 31 heavy (non-hydrogen) atoms. The fraction of sp³-hybridized carbons (Fsp3) is 0.500. The minimum absolute atomic E-state index is 0.160. The van der Waals surface area contributed by atoms with Gasteiger partial charge in [-0.25, -0.2) is 0 Å². The number of H-pyrrole nitrogens is 1. The maximum Gasteiger partial charge on any atom is 0.233 e. The molecule has 4 heterocycles. The van der Waals surface area contributed by atoms with Gasteiger partial charge in [0.2, 0.25) is 5.91 Å². The zero-order valence-corrected chi connectivity index (χ0v) is 18.6. The number of para-hydroxylation sites is 1. The molecular formula is C22H28N6O2S. The fourth-order valence-corrected chi connectivity index (χ4v) is 5.13. The van der Waals surface area contributed by atoms with E-state index < -0.39 is 0 Å². The number of benzene rings is 1. The predicted octanol–water partition coefficient (Wildman–Crippen LogP) is 2.47. The number of ether oxygens (including phenoxy) is 1. The smallest absolute Gasteiger partial charge is 0.233 e. The Labute approximate surface area is 185 Å². The molecule has 8 nitrogen and oxygen atoms in total. The second-order valence-corrected chi connectivity index (χ2v) is 9.21. The molecule has 1 aromatic carbocycles. The Morgan fingerprint density at radius 2 is 2.06 bits per heavy atom. The van der Waals surface area contributed by atoms with Crippen LogP contribution in [-0.4, -0.2) is 87.1 Å². The third kappa shape index (κ3) is 4.35. The second kappa shape index (κ2) is 9.02. The van der Waals surface area contributed by atoms with Crippen molar-refractivity contribution in [2.75, 3.05) is 45.6 Å². The molecule has 1 atom stereocenters. The van der Waals surface area contributed by atoms with Crippen LogP contribution in [0.5, 0.6) is 0 Å². The highest BCUT2D eigenvalue weighted by atomic mass is 32.2. The summed E-state index contributed by atoms with van der Waals surface area (Å²) < 4.78 is 8.03. The summed E-state index contributed by atoms with van der Waals surface area (Å²) >= 11 is 1.48. The molecule has 1 N–H and O–H groups in total. The van der Waals surface area contributed by atoms with Gasteiger partial charge in [-0.2, -0.15) is 0 Å². The van der Waals surface area contributed by atoms with E-state index in [-0.39, 0.29) is 12.0 Å². The van der Waals surface area contributed by atoms with Crippen molar-refractivity contribution >= 4 is 28.6 Å². The van der Waals surface area contributed by atoms with Crippen molar-refractivity contribution in [2.24, 2.45) is 0 Å². The molecule has 2 aromatic heterocycles. The number of carbonyl (C=O) groups excluding carboxylic acids is 1. The van der Waals surface area contributed by atoms with Crippen LogP contribution in [0.2, 0.25) is 0 Å². The van der Waals surface area contributed by atoms with Crippen LogP contribution >= 0.6 is 11.8 Å². The molecule has 1 amide bonds. The summed E-state index contributed by atoms with van der Waals surface area (Å²) in [6.45, 7) is 4.94. The molecule has 164 valence electrons. The van der Waals surface area contributed by atoms with Crippen LogP contribution in [0, 0.1) is 0 Å². The number of amides is 1. The molecule has 2 aliphatic rings. The maximum atomic E-state index is 12.7. The molecule has 2 aliphatic heterocycles. The Hall–Kier alpha value is -2.36. The van der Waals surface area contributed by atoms with Crippen molar-refractivity contribution < 1.29 is 9.53 Å². The van der Waals surface area contributed by atoms with E-state index in [0.717, 1.165) is 73.1 Å². The van der Waals surface area contributed by atoms with Gasteiger partial charge in [-0.3, -0.25) is 9.36 Å². The molecule has 1 unspecified atom stereocenters. The van der Waals surface area contributed by atoms with E-state index in [4.69, 9.17) is 4.74 Å². The number of piperazine rings is 1. The predicted molar refractivity (Wildman–Crippen MR) is 121 cm³/mol. The molecule has 9 heteroatoms. The van der Waals surface area contributed by atoms with Crippen LogP contribution in [-0.2, 0) is 16.1 Å². The highest BCUT2D eigenvalue weighted by Crippen LogP contribution is 2.31. The van der Waals surface area contributed by atoms with Gasteiger partial charge in [0.25, 0.3) is 0 Å². The molecule has 2 fully saturated rings. The Morgan fingerprint density at radius 3 is 2.87 bits per heavy atom. The topological polar surface area (TPSA) is 79.3 Å². The number of aromatic nitrogens is 4. The monoisotopic (exact) mass is 440 g/mol. The number of rotatable bonds is 6. The molecule has 5 rings (SSSR count). The number of nitrogens with one attached hydrogen (secondary N) is 1. The minimum atomic E-state index is 0.160. The molecule has 0 bridgehead atoms. The van der Waals surface area contributed by atoms with Gasteiger partial charge >= 0.3 is 0 Å². The van der Waals surface area contributed by atoms with Gasteiger partial charge in [-0.1, -0.05) is 30.0 Å². The fourth-order valence-electron chi connectivity index (χ4n) is 4.28. The Morgan fingerprint density at radius 1 is 1.23 bits per heavy atom. The quantitative estimate of drug-likeness (QED) is 0.594. The van der Waals surface area contributed by atoms with Crippen molar-refractivity contribution in [1.82, 2.24) is 29.5 Å². The summed E-state index contributed by atoms with van der Waals surface area (Å²) in [6.07, 6.45) is 4.27. The van der Waals surface area contributed by atoms with Gasteiger partial charge in [-0.15, -0.1) is 10.2 Å². The number of fused-ring (bicyclic) bond motifs is 1. The second-order valence-electron chi connectivity index (χ2n) is 8.27. The first kappa shape index (κ1) is 20.5. The lowest BCUT2D eigenvalue weighted by Crippen LogP contribution is -2.47. The van der Waals surface area contributed by atoms with E-state index in [1.54, 1.807) is 0 Å². The van der Waals surface area contributed by atoms with Gasteiger partial charge in [0.1, 0.15) is 0 Å². The van der Waals surface area contributed by atoms with E-state index in [2.05, 4.69) is 43.8 Å². The van der Waals surface area contributed by atoms with Crippen LogP contribution < -0.4 is 0 Å². The lowest BCUT2D eigenvalue weighted by atomic mass is 10.1. The highest BCUT2D eigenvalue weighted by molar-refractivity contribution is 7.99. The first-order valence-electron chi connectivity index (χ1n) is 10.9. The largest absolute Gasteiger partial charge is 0.376 e. The summed E-state index contributed by atoms with van der Waals surface area (Å²) in [5, 5.41) is 10.9. The normalized spacial score (nSPS) is 20.0. The molecule has 0 spiro atoms. The molecule has 0 saturated carbocycles. The summed E-state index contributed by atoms with van der Waals surface area (Å²) in [6, 6.07) is 8.20. The first-order chi connectivity index (χ1) is 15.2. The summed E-state index contributed by atoms with van der Waals surface area (Å²) in [4.78, 5) is 20.3. The average Bonchev–Trinajstić information content (AvgIpc) is 3.53. The summed E-state index contributed by atoms with van der Waals surface area (Å²) in [5.74, 6) is 1.36. The van der Waals surface area contributed by atoms with E-state index in [1.165, 1.54) is 11.8 Å². The van der Waals surface area contributed by atoms with Crippen molar-refractivity contribution in [1.29, 1.82) is 0 Å². The molecule has 0 radical (unpaired) electrons. The molecule has 0 aliphatic carbocycles. The van der Waals surface area contributed by atoms with Crippen molar-refractivity contribution in [3.8, 4) is 11.4 Å². The minimum Gasteiger partial charge on any atom is -0.376 e. The average molecular weight is 441 g/mol. The van der Waals surface area contributed by atoms with Crippen LogP contribution in [0.15, 0.2) is 35.6 Å². The van der Waals surface area contributed by atoms with E-state index in [0.29, 0.717) is 12.3 Å². The lowest BCUT2D eigenvalue weighted by molar-refractivity contribution is -0.129. The van der Waals surface area contributed by atoms with E-state index in [9.17, 15) is 4.79 Å². The van der Waals surface area contributed by atoms with Crippen molar-refractivity contribution in [3.63, 3.8) is 0 Å². The molecular weight excluding hydrogens is 412 g/mol. The summed E-state index contributed by atoms with van der Waals surface area (Å²) in [5.41, 5.74) is 2.10. The zero-order valence-electron chi connectivity index (χ0n) is 17.8. The molecule has 3 aromatic rings. The van der Waals surface area contributed by atoms with Gasteiger partial charge in [0.05, 0.1) is 18.4 Å². The van der Waals surface area contributed by atoms with Gasteiger partial charge in [0, 0.05) is 55.4 Å². The zero-order chi connectivity index (χ0) is 21.2. The third-order valence-electron chi connectivity index (χ3n) is 6.14. The van der Waals surface area contributed by atoms with Gasteiger partial charge in [-0.05, 0) is 26.0 Å². The van der Waals surface area contributed by atoms with Gasteiger partial charge < -0.3 is 19.5 Å². The van der Waals surface area contributed by atoms with Crippen molar-refractivity contribution in [2.45, 2.75) is 30.6 Å². The maximum absolute atomic E-state index is 12.7. The highest BCUT2D eigenvalue weighted by Gasteiger charge is 2.25. The Balaban J connectivity index is 1.38. The Bertz CT molecular complexity index is 1050. The van der Waals surface area contributed by atoms with Crippen LogP contribution in [0.25, 0.3) is 22.3 Å². The number of nitrogens with zero attached hydrogens (tertiary/aromatic N) is 5. The lowest BCUT2D eigenvalue weighted by Gasteiger charge is -2.32. The summed E-state index contributed by atoms with van der Waals surface area (Å²) in [7, 11) is 2.09. The first-order valence-corrected chi connectivity index (χ1v) is 11.9. The van der Waals surface area contributed by atoms with Crippen LogP contribution in [0.4, 0.5) is 0 Å². The standard InChI is InChI=1S/C22H28N6O2S/c1-26-8-10-27(11-9-26)20(29)15-31-22-25-24-21(28(22)14-16-5-4-12-30-16)18-13-23-19-7-3-2-6-17(18)19/h2-3,6-7,13,16,23H,4-5,8-12,14-15H2,1H3. The van der Waals surface area contributed by atoms with Crippen LogP contribution in [0.3, 0.4) is 0 Å². The molecule has 2 saturated heterocycles. The van der Waals surface area contributed by atoms with E-state index >= 15 is 0 Å². The SMILES string of the molecule is CN1CCN(C(=O)CSc2nnc(-c3c[nH]c4ccccc34)n2CC2CCCO2)CC1. The number of hydrogen-bond donors (Lipinski definition) is 1. The number of carbonyl (C=O) groups is 1. The van der Waals surface area contributed by atoms with E-state index in [1.807, 2.05) is 23.2 Å². The number of thioether (sulfide) groups is 1. The Kier molecular flexibility index (Phi) is 5.97. The van der Waals surface area contributed by atoms with Crippen molar-refractivity contribution in [3.05, 3.63) is 30.5 Å².